The summed E-state index contributed by atoms with van der Waals surface area (Å²) in [6.45, 7) is 8.19. The average molecular weight is 250 g/mol. The van der Waals surface area contributed by atoms with Crippen molar-refractivity contribution in [1.29, 1.82) is 0 Å². The van der Waals surface area contributed by atoms with E-state index in [1.807, 2.05) is 12.1 Å². The van der Waals surface area contributed by atoms with Gasteiger partial charge in [-0.1, -0.05) is 20.3 Å². The first kappa shape index (κ1) is 14.8. The molecule has 3 nitrogen and oxygen atoms in total. The van der Waals surface area contributed by atoms with Crippen molar-refractivity contribution < 1.29 is 4.74 Å². The fourth-order valence-corrected chi connectivity index (χ4v) is 1.61. The van der Waals surface area contributed by atoms with E-state index in [0.717, 1.165) is 44.1 Å². The van der Waals surface area contributed by atoms with Crippen LogP contribution in [0.4, 0.5) is 5.69 Å². The van der Waals surface area contributed by atoms with Gasteiger partial charge in [0.1, 0.15) is 5.75 Å². The molecule has 0 saturated heterocycles. The van der Waals surface area contributed by atoms with E-state index >= 15 is 0 Å². The second-order valence-electron chi connectivity index (χ2n) is 4.40. The van der Waals surface area contributed by atoms with Crippen molar-refractivity contribution >= 4 is 5.69 Å². The van der Waals surface area contributed by atoms with Gasteiger partial charge in [0, 0.05) is 18.8 Å². The lowest BCUT2D eigenvalue weighted by Gasteiger charge is -2.09. The molecule has 0 unspecified atom stereocenters. The molecule has 0 fully saturated rings. The van der Waals surface area contributed by atoms with Crippen LogP contribution in [0.3, 0.4) is 0 Å². The molecule has 1 aromatic rings. The monoisotopic (exact) mass is 250 g/mol. The highest BCUT2D eigenvalue weighted by atomic mass is 16.5. The van der Waals surface area contributed by atoms with Crippen molar-refractivity contribution in [2.75, 3.05) is 31.6 Å². The molecular formula is C15H26N2O. The summed E-state index contributed by atoms with van der Waals surface area (Å²) in [6.07, 6.45) is 3.55. The first-order valence-electron chi connectivity index (χ1n) is 7.04. The van der Waals surface area contributed by atoms with Crippen molar-refractivity contribution in [3.8, 4) is 5.75 Å². The molecule has 0 heterocycles. The first-order chi connectivity index (χ1) is 8.86. The lowest BCUT2D eigenvalue weighted by Crippen LogP contribution is -2.23. The Morgan fingerprint density at radius 2 is 1.72 bits per heavy atom. The van der Waals surface area contributed by atoms with Crippen LogP contribution in [0.1, 0.15) is 33.1 Å². The molecular weight excluding hydrogens is 224 g/mol. The van der Waals surface area contributed by atoms with E-state index in [-0.39, 0.29) is 0 Å². The Bertz CT molecular complexity index is 298. The summed E-state index contributed by atoms with van der Waals surface area (Å²) < 4.78 is 5.54. The molecule has 0 amide bonds. The van der Waals surface area contributed by atoms with Crippen LogP contribution in [0.5, 0.6) is 5.75 Å². The summed E-state index contributed by atoms with van der Waals surface area (Å²) in [4.78, 5) is 0. The van der Waals surface area contributed by atoms with Crippen LogP contribution < -0.4 is 15.4 Å². The largest absolute Gasteiger partial charge is 0.494 e. The van der Waals surface area contributed by atoms with Gasteiger partial charge in [-0.15, -0.1) is 0 Å². The summed E-state index contributed by atoms with van der Waals surface area (Å²) in [5, 5.41) is 6.80. The predicted octanol–water partition coefficient (Wildman–Crippen LogP) is 3.28. The van der Waals surface area contributed by atoms with E-state index in [9.17, 15) is 0 Å². The highest BCUT2D eigenvalue weighted by Gasteiger charge is 1.94. The topological polar surface area (TPSA) is 33.3 Å². The second-order valence-corrected chi connectivity index (χ2v) is 4.40. The van der Waals surface area contributed by atoms with Gasteiger partial charge in [-0.25, -0.2) is 0 Å². The maximum absolute atomic E-state index is 5.54. The third kappa shape index (κ3) is 6.50. The van der Waals surface area contributed by atoms with E-state index < -0.39 is 0 Å². The van der Waals surface area contributed by atoms with Crippen molar-refractivity contribution in [2.24, 2.45) is 0 Å². The molecule has 0 aliphatic carbocycles. The first-order valence-corrected chi connectivity index (χ1v) is 7.04. The molecule has 0 aliphatic heterocycles. The third-order valence-corrected chi connectivity index (χ3v) is 2.67. The number of rotatable bonds is 10. The molecule has 102 valence electrons. The third-order valence-electron chi connectivity index (χ3n) is 2.67. The Morgan fingerprint density at radius 3 is 2.39 bits per heavy atom. The summed E-state index contributed by atoms with van der Waals surface area (Å²) in [7, 11) is 0. The van der Waals surface area contributed by atoms with Crippen molar-refractivity contribution in [1.82, 2.24) is 5.32 Å². The summed E-state index contributed by atoms with van der Waals surface area (Å²) in [6, 6.07) is 8.17. The number of anilines is 1. The molecule has 2 N–H and O–H groups in total. The van der Waals surface area contributed by atoms with Gasteiger partial charge >= 0.3 is 0 Å². The quantitative estimate of drug-likeness (QED) is 0.625. The van der Waals surface area contributed by atoms with Gasteiger partial charge in [0.2, 0.25) is 0 Å². The van der Waals surface area contributed by atoms with Crippen LogP contribution in [0.2, 0.25) is 0 Å². The zero-order valence-electron chi connectivity index (χ0n) is 11.7. The standard InChI is InChI=1S/C15H26N2O/c1-3-5-10-16-11-12-17-14-6-8-15(9-7-14)18-13-4-2/h6-9,16-17H,3-5,10-13H2,1-2H3. The Kier molecular flexibility index (Phi) is 8.06. The molecule has 1 rings (SSSR count). The molecule has 3 heteroatoms. The normalized spacial score (nSPS) is 10.3. The second kappa shape index (κ2) is 9.77. The summed E-state index contributed by atoms with van der Waals surface area (Å²) >= 11 is 0. The van der Waals surface area contributed by atoms with Crippen LogP contribution in [-0.2, 0) is 0 Å². The molecule has 0 saturated carbocycles. The summed E-state index contributed by atoms with van der Waals surface area (Å²) in [5.41, 5.74) is 1.15. The molecule has 0 atom stereocenters. The molecule has 0 bridgehead atoms. The van der Waals surface area contributed by atoms with Gasteiger partial charge in [-0.2, -0.15) is 0 Å². The molecule has 0 radical (unpaired) electrons. The molecule has 0 aromatic heterocycles. The number of ether oxygens (including phenoxy) is 1. The van der Waals surface area contributed by atoms with Gasteiger partial charge in [0.05, 0.1) is 6.61 Å². The maximum atomic E-state index is 5.54. The van der Waals surface area contributed by atoms with Crippen molar-refractivity contribution in [2.45, 2.75) is 33.1 Å². The Balaban J connectivity index is 2.14. The van der Waals surface area contributed by atoms with Gasteiger partial charge in [-0.05, 0) is 43.7 Å². The predicted molar refractivity (Wildman–Crippen MR) is 78.5 cm³/mol. The lowest BCUT2D eigenvalue weighted by atomic mass is 10.3. The highest BCUT2D eigenvalue weighted by molar-refractivity contribution is 5.46. The Labute approximate surface area is 111 Å². The van der Waals surface area contributed by atoms with Crippen LogP contribution in [0.25, 0.3) is 0 Å². The van der Waals surface area contributed by atoms with E-state index in [2.05, 4.69) is 36.6 Å². The van der Waals surface area contributed by atoms with Gasteiger partial charge in [-0.3, -0.25) is 0 Å². The smallest absolute Gasteiger partial charge is 0.119 e. The number of nitrogens with one attached hydrogen (secondary N) is 2. The maximum Gasteiger partial charge on any atom is 0.119 e. The number of benzene rings is 1. The van der Waals surface area contributed by atoms with E-state index in [1.54, 1.807) is 0 Å². The minimum atomic E-state index is 0.786. The van der Waals surface area contributed by atoms with Crippen molar-refractivity contribution in [3.63, 3.8) is 0 Å². The SMILES string of the molecule is CCCCNCCNc1ccc(OCCC)cc1. The molecule has 18 heavy (non-hydrogen) atoms. The van der Waals surface area contributed by atoms with Crippen LogP contribution in [0.15, 0.2) is 24.3 Å². The van der Waals surface area contributed by atoms with Crippen LogP contribution >= 0.6 is 0 Å². The number of hydrogen-bond acceptors (Lipinski definition) is 3. The minimum absolute atomic E-state index is 0.786. The molecule has 1 aromatic carbocycles. The molecule has 0 spiro atoms. The average Bonchev–Trinajstić information content (AvgIpc) is 2.42. The van der Waals surface area contributed by atoms with E-state index in [4.69, 9.17) is 4.74 Å². The highest BCUT2D eigenvalue weighted by Crippen LogP contribution is 2.15. The lowest BCUT2D eigenvalue weighted by molar-refractivity contribution is 0.317. The fourth-order valence-electron chi connectivity index (χ4n) is 1.61. The number of hydrogen-bond donors (Lipinski definition) is 2. The van der Waals surface area contributed by atoms with Gasteiger partial charge < -0.3 is 15.4 Å². The van der Waals surface area contributed by atoms with Crippen LogP contribution in [-0.4, -0.2) is 26.2 Å². The zero-order chi connectivity index (χ0) is 13.1. The number of unbranched alkanes of at least 4 members (excludes halogenated alkanes) is 1. The van der Waals surface area contributed by atoms with Crippen LogP contribution in [0, 0.1) is 0 Å². The zero-order valence-corrected chi connectivity index (χ0v) is 11.7. The van der Waals surface area contributed by atoms with Crippen molar-refractivity contribution in [3.05, 3.63) is 24.3 Å². The van der Waals surface area contributed by atoms with Gasteiger partial charge in [0.15, 0.2) is 0 Å². The van der Waals surface area contributed by atoms with Gasteiger partial charge in [0.25, 0.3) is 0 Å². The van der Waals surface area contributed by atoms with E-state index in [0.29, 0.717) is 0 Å². The summed E-state index contributed by atoms with van der Waals surface area (Å²) in [5.74, 6) is 0.948. The fraction of sp³-hybridized carbons (Fsp3) is 0.600. The molecule has 0 aliphatic rings. The Morgan fingerprint density at radius 1 is 0.944 bits per heavy atom. The Hall–Kier alpha value is -1.22. The van der Waals surface area contributed by atoms with E-state index in [1.165, 1.54) is 12.8 Å². The minimum Gasteiger partial charge on any atom is -0.494 e.